The largest absolute Gasteiger partial charge is 0.463 e. The van der Waals surface area contributed by atoms with E-state index < -0.39 is 30.7 Å². The summed E-state index contributed by atoms with van der Waals surface area (Å²) < 4.78 is 15.5. The van der Waals surface area contributed by atoms with Gasteiger partial charge in [0.2, 0.25) is 0 Å². The SMILES string of the molecule is CCCCCCCCCCCCCCCCCCCC(=O)OC[C@H]1O[C@@H](OC)[C@H](O)[C@@H](O)[C@@H]1O. The fourth-order valence-corrected chi connectivity index (χ4v) is 4.49. The van der Waals surface area contributed by atoms with Crippen molar-refractivity contribution in [3.63, 3.8) is 0 Å². The lowest BCUT2D eigenvalue weighted by atomic mass is 9.99. The van der Waals surface area contributed by atoms with E-state index in [9.17, 15) is 20.1 Å². The van der Waals surface area contributed by atoms with E-state index in [1.54, 1.807) is 0 Å². The average Bonchev–Trinajstić information content (AvgIpc) is 2.84. The Morgan fingerprint density at radius 2 is 1.12 bits per heavy atom. The predicted octanol–water partition coefficient (Wildman–Crippen LogP) is 5.03. The van der Waals surface area contributed by atoms with Gasteiger partial charge in [-0.3, -0.25) is 4.79 Å². The Bertz CT molecular complexity index is 486. The van der Waals surface area contributed by atoms with E-state index in [-0.39, 0.29) is 12.6 Å². The van der Waals surface area contributed by atoms with Crippen LogP contribution in [0.3, 0.4) is 0 Å². The van der Waals surface area contributed by atoms with E-state index >= 15 is 0 Å². The Kier molecular flexibility index (Phi) is 18.8. The van der Waals surface area contributed by atoms with Gasteiger partial charge in [0.15, 0.2) is 6.29 Å². The first-order valence-electron chi connectivity index (χ1n) is 13.9. The van der Waals surface area contributed by atoms with Crippen LogP contribution in [0.15, 0.2) is 0 Å². The van der Waals surface area contributed by atoms with Crippen molar-refractivity contribution in [3.05, 3.63) is 0 Å². The number of aliphatic hydroxyl groups is 3. The highest BCUT2D eigenvalue weighted by molar-refractivity contribution is 5.69. The summed E-state index contributed by atoms with van der Waals surface area (Å²) in [6, 6.07) is 0. The summed E-state index contributed by atoms with van der Waals surface area (Å²) in [5, 5.41) is 29.6. The van der Waals surface area contributed by atoms with Crippen LogP contribution in [0.4, 0.5) is 0 Å². The Hall–Kier alpha value is -0.730. The van der Waals surface area contributed by atoms with Crippen LogP contribution < -0.4 is 0 Å². The third-order valence-corrected chi connectivity index (χ3v) is 6.79. The van der Waals surface area contributed by atoms with E-state index in [2.05, 4.69) is 6.92 Å². The van der Waals surface area contributed by atoms with Crippen LogP contribution in [-0.2, 0) is 19.0 Å². The zero-order valence-corrected chi connectivity index (χ0v) is 21.8. The number of aliphatic hydroxyl groups excluding tert-OH is 3. The van der Waals surface area contributed by atoms with Gasteiger partial charge in [-0.1, -0.05) is 110 Å². The van der Waals surface area contributed by atoms with Crippen LogP contribution in [0, 0.1) is 0 Å². The Morgan fingerprint density at radius 3 is 1.56 bits per heavy atom. The molecule has 0 aromatic carbocycles. The maximum absolute atomic E-state index is 11.9. The molecule has 34 heavy (non-hydrogen) atoms. The third kappa shape index (κ3) is 14.0. The fourth-order valence-electron chi connectivity index (χ4n) is 4.49. The second-order valence-corrected chi connectivity index (χ2v) is 9.84. The number of hydrogen-bond donors (Lipinski definition) is 3. The molecule has 0 aliphatic carbocycles. The highest BCUT2D eigenvalue weighted by atomic mass is 16.7. The van der Waals surface area contributed by atoms with Crippen LogP contribution in [0.5, 0.6) is 0 Å². The number of carbonyl (C=O) groups excluding carboxylic acids is 1. The van der Waals surface area contributed by atoms with E-state index in [1.807, 2.05) is 0 Å². The average molecular weight is 489 g/mol. The molecule has 0 amide bonds. The van der Waals surface area contributed by atoms with E-state index in [0.29, 0.717) is 6.42 Å². The van der Waals surface area contributed by atoms with Gasteiger partial charge in [0.1, 0.15) is 31.0 Å². The second kappa shape index (κ2) is 20.5. The Labute approximate surface area is 207 Å². The maximum atomic E-state index is 11.9. The van der Waals surface area contributed by atoms with Crippen molar-refractivity contribution in [2.45, 2.75) is 153 Å². The molecule has 7 nitrogen and oxygen atoms in total. The minimum atomic E-state index is -1.41. The molecule has 5 atom stereocenters. The number of unbranched alkanes of at least 4 members (excludes halogenated alkanes) is 16. The van der Waals surface area contributed by atoms with Gasteiger partial charge in [-0.05, 0) is 6.42 Å². The van der Waals surface area contributed by atoms with Crippen LogP contribution in [-0.4, -0.2) is 65.7 Å². The highest BCUT2D eigenvalue weighted by Crippen LogP contribution is 2.22. The molecule has 0 unspecified atom stereocenters. The number of hydrogen-bond acceptors (Lipinski definition) is 7. The smallest absolute Gasteiger partial charge is 0.305 e. The molecule has 1 heterocycles. The molecule has 202 valence electrons. The summed E-state index contributed by atoms with van der Waals surface area (Å²) in [5.74, 6) is -0.341. The molecular formula is C27H52O7. The quantitative estimate of drug-likeness (QED) is 0.154. The van der Waals surface area contributed by atoms with Crippen molar-refractivity contribution in [1.82, 2.24) is 0 Å². The minimum Gasteiger partial charge on any atom is -0.463 e. The van der Waals surface area contributed by atoms with Gasteiger partial charge < -0.3 is 29.5 Å². The van der Waals surface area contributed by atoms with Crippen molar-refractivity contribution in [2.24, 2.45) is 0 Å². The molecular weight excluding hydrogens is 436 g/mol. The molecule has 1 aliphatic rings. The lowest BCUT2D eigenvalue weighted by Crippen LogP contribution is -2.59. The molecule has 1 fully saturated rings. The van der Waals surface area contributed by atoms with Gasteiger partial charge in [0.05, 0.1) is 0 Å². The number of rotatable bonds is 21. The van der Waals surface area contributed by atoms with Crippen molar-refractivity contribution < 1.29 is 34.3 Å². The second-order valence-electron chi connectivity index (χ2n) is 9.84. The molecule has 0 aromatic heterocycles. The summed E-state index contributed by atoms with van der Waals surface area (Å²) in [4.78, 5) is 11.9. The van der Waals surface area contributed by atoms with E-state index in [4.69, 9.17) is 14.2 Å². The Morgan fingerprint density at radius 1 is 0.676 bits per heavy atom. The molecule has 1 rings (SSSR count). The Balaban J connectivity index is 1.88. The van der Waals surface area contributed by atoms with Crippen molar-refractivity contribution in [1.29, 1.82) is 0 Å². The zero-order chi connectivity index (χ0) is 25.0. The molecule has 0 spiro atoms. The molecule has 1 aliphatic heterocycles. The van der Waals surface area contributed by atoms with Crippen molar-refractivity contribution >= 4 is 5.97 Å². The lowest BCUT2D eigenvalue weighted by Gasteiger charge is -2.39. The first kappa shape index (κ1) is 31.3. The maximum Gasteiger partial charge on any atom is 0.305 e. The monoisotopic (exact) mass is 488 g/mol. The lowest BCUT2D eigenvalue weighted by molar-refractivity contribution is -0.295. The molecule has 0 saturated carbocycles. The van der Waals surface area contributed by atoms with E-state index in [1.165, 1.54) is 97.0 Å². The molecule has 7 heteroatoms. The van der Waals surface area contributed by atoms with Crippen LogP contribution in [0.1, 0.15) is 122 Å². The van der Waals surface area contributed by atoms with Gasteiger partial charge in [0.25, 0.3) is 0 Å². The van der Waals surface area contributed by atoms with Crippen molar-refractivity contribution in [3.8, 4) is 0 Å². The highest BCUT2D eigenvalue weighted by Gasteiger charge is 2.44. The van der Waals surface area contributed by atoms with Gasteiger partial charge in [-0.2, -0.15) is 0 Å². The molecule has 0 aromatic rings. The fraction of sp³-hybridized carbons (Fsp3) is 0.963. The topological polar surface area (TPSA) is 105 Å². The normalized spacial score (nSPS) is 24.9. The molecule has 0 bridgehead atoms. The summed E-state index contributed by atoms with van der Waals surface area (Å²) in [6.45, 7) is 2.09. The number of esters is 1. The number of methoxy groups -OCH3 is 1. The van der Waals surface area contributed by atoms with Crippen LogP contribution in [0.2, 0.25) is 0 Å². The predicted molar refractivity (Wildman–Crippen MR) is 133 cm³/mol. The van der Waals surface area contributed by atoms with E-state index in [0.717, 1.165) is 19.3 Å². The number of ether oxygens (including phenoxy) is 3. The van der Waals surface area contributed by atoms with Crippen molar-refractivity contribution in [2.75, 3.05) is 13.7 Å². The summed E-state index contributed by atoms with van der Waals surface area (Å²) >= 11 is 0. The molecule has 1 saturated heterocycles. The summed E-state index contributed by atoms with van der Waals surface area (Å²) in [5.41, 5.74) is 0. The molecule has 3 N–H and O–H groups in total. The third-order valence-electron chi connectivity index (χ3n) is 6.79. The van der Waals surface area contributed by atoms with Gasteiger partial charge >= 0.3 is 5.97 Å². The first-order chi connectivity index (χ1) is 16.5. The van der Waals surface area contributed by atoms with Crippen LogP contribution in [0.25, 0.3) is 0 Å². The van der Waals surface area contributed by atoms with Gasteiger partial charge in [-0.15, -0.1) is 0 Å². The summed E-state index contributed by atoms with van der Waals surface area (Å²) in [7, 11) is 1.33. The number of carbonyl (C=O) groups is 1. The molecule has 0 radical (unpaired) electrons. The summed E-state index contributed by atoms with van der Waals surface area (Å²) in [6.07, 6.45) is 16.2. The first-order valence-corrected chi connectivity index (χ1v) is 13.9. The minimum absolute atomic E-state index is 0.178. The van der Waals surface area contributed by atoms with Crippen LogP contribution >= 0.6 is 0 Å². The van der Waals surface area contributed by atoms with Gasteiger partial charge in [0, 0.05) is 13.5 Å². The zero-order valence-electron chi connectivity index (χ0n) is 21.8. The standard InChI is InChI=1S/C27H52O7/c1-3-4-5-6-7-8-9-10-11-12-13-14-15-16-17-18-19-20-23(28)33-21-22-24(29)25(30)26(31)27(32-2)34-22/h22,24-27,29-31H,3-21H2,1-2H3/t22-,24-,25+,26-,27-/m1/s1. The van der Waals surface area contributed by atoms with Gasteiger partial charge in [-0.25, -0.2) is 0 Å².